The first-order valence-corrected chi connectivity index (χ1v) is 9.70. The van der Waals surface area contributed by atoms with Crippen molar-refractivity contribution in [2.45, 2.75) is 13.8 Å². The third-order valence-electron chi connectivity index (χ3n) is 3.21. The number of aromatic nitrogens is 3. The minimum absolute atomic E-state index is 0.503. The van der Waals surface area contributed by atoms with Crippen molar-refractivity contribution in [2.24, 2.45) is 11.7 Å². The summed E-state index contributed by atoms with van der Waals surface area (Å²) in [6, 6.07) is 3.99. The Balaban J connectivity index is 1.87. The lowest BCUT2D eigenvalue weighted by Gasteiger charge is -2.11. The average molecular weight is 381 g/mol. The van der Waals surface area contributed by atoms with Gasteiger partial charge in [-0.3, -0.25) is 0 Å². The van der Waals surface area contributed by atoms with E-state index in [1.165, 1.54) is 0 Å². The van der Waals surface area contributed by atoms with Gasteiger partial charge in [-0.15, -0.1) is 11.3 Å². The fraction of sp³-hybridized carbons (Fsp3) is 0.588. The van der Waals surface area contributed by atoms with Crippen molar-refractivity contribution in [1.29, 1.82) is 0 Å². The standard InChI is InChI=1S/C17H28N6O2S/c1-13(2)12-20-17-22-15(14-4-3-11-26-14)21-16(23-17)19-6-8-25-10-9-24-7-5-18/h3-4,11,13H,5-10,12,18H2,1-2H3,(H2,19,20,21,22,23). The van der Waals surface area contributed by atoms with Crippen LogP contribution in [0.5, 0.6) is 0 Å². The van der Waals surface area contributed by atoms with Gasteiger partial charge in [-0.25, -0.2) is 0 Å². The number of nitrogens with two attached hydrogens (primary N) is 1. The van der Waals surface area contributed by atoms with Crippen LogP contribution in [0.3, 0.4) is 0 Å². The van der Waals surface area contributed by atoms with Crippen molar-refractivity contribution in [3.63, 3.8) is 0 Å². The smallest absolute Gasteiger partial charge is 0.228 e. The normalized spacial score (nSPS) is 11.1. The van der Waals surface area contributed by atoms with Crippen molar-refractivity contribution in [3.8, 4) is 10.7 Å². The van der Waals surface area contributed by atoms with Gasteiger partial charge in [-0.2, -0.15) is 15.0 Å². The number of nitrogens with zero attached hydrogens (tertiary/aromatic N) is 3. The zero-order valence-electron chi connectivity index (χ0n) is 15.4. The SMILES string of the molecule is CC(C)CNc1nc(NCCOCCOCCN)nc(-c2cccs2)n1. The highest BCUT2D eigenvalue weighted by Gasteiger charge is 2.09. The van der Waals surface area contributed by atoms with Crippen LogP contribution in [-0.2, 0) is 9.47 Å². The summed E-state index contributed by atoms with van der Waals surface area (Å²) < 4.78 is 10.8. The van der Waals surface area contributed by atoms with Crippen LogP contribution in [0.2, 0.25) is 0 Å². The molecule has 0 fully saturated rings. The van der Waals surface area contributed by atoms with Gasteiger partial charge in [0, 0.05) is 19.6 Å². The van der Waals surface area contributed by atoms with Gasteiger partial charge in [-0.05, 0) is 17.4 Å². The molecular weight excluding hydrogens is 352 g/mol. The van der Waals surface area contributed by atoms with Gasteiger partial charge in [0.25, 0.3) is 0 Å². The lowest BCUT2D eigenvalue weighted by Crippen LogP contribution is -2.17. The van der Waals surface area contributed by atoms with E-state index in [0.717, 1.165) is 11.4 Å². The second-order valence-corrected chi connectivity index (χ2v) is 6.95. The molecular formula is C17H28N6O2S. The molecule has 144 valence electrons. The summed E-state index contributed by atoms with van der Waals surface area (Å²) in [5.74, 6) is 2.29. The van der Waals surface area contributed by atoms with Crippen molar-refractivity contribution in [1.82, 2.24) is 15.0 Å². The Morgan fingerprint density at radius 1 is 1.04 bits per heavy atom. The molecule has 0 bridgehead atoms. The van der Waals surface area contributed by atoms with E-state index in [9.17, 15) is 0 Å². The molecule has 26 heavy (non-hydrogen) atoms. The minimum atomic E-state index is 0.503. The van der Waals surface area contributed by atoms with Crippen LogP contribution in [0.15, 0.2) is 17.5 Å². The Kier molecular flexibility index (Phi) is 9.26. The Bertz CT molecular complexity index is 624. The largest absolute Gasteiger partial charge is 0.378 e. The van der Waals surface area contributed by atoms with Crippen LogP contribution in [0, 0.1) is 5.92 Å². The van der Waals surface area contributed by atoms with Crippen LogP contribution in [0.4, 0.5) is 11.9 Å². The molecule has 0 radical (unpaired) electrons. The van der Waals surface area contributed by atoms with E-state index < -0.39 is 0 Å². The minimum Gasteiger partial charge on any atom is -0.378 e. The molecule has 2 heterocycles. The monoisotopic (exact) mass is 380 g/mol. The van der Waals surface area contributed by atoms with E-state index >= 15 is 0 Å². The van der Waals surface area contributed by atoms with Crippen LogP contribution >= 0.6 is 11.3 Å². The molecule has 0 unspecified atom stereocenters. The maximum Gasteiger partial charge on any atom is 0.228 e. The maximum atomic E-state index is 5.50. The molecule has 0 aromatic carbocycles. The van der Waals surface area contributed by atoms with Gasteiger partial charge >= 0.3 is 0 Å². The van der Waals surface area contributed by atoms with Gasteiger partial charge in [0.15, 0.2) is 5.82 Å². The molecule has 9 heteroatoms. The van der Waals surface area contributed by atoms with Crippen LogP contribution in [-0.4, -0.2) is 61.0 Å². The van der Waals surface area contributed by atoms with Crippen molar-refractivity contribution < 1.29 is 9.47 Å². The second-order valence-electron chi connectivity index (χ2n) is 6.00. The fourth-order valence-electron chi connectivity index (χ4n) is 1.99. The van der Waals surface area contributed by atoms with Gasteiger partial charge < -0.3 is 25.8 Å². The molecule has 0 aliphatic rings. The van der Waals surface area contributed by atoms with Crippen LogP contribution in [0.25, 0.3) is 10.7 Å². The van der Waals surface area contributed by atoms with Gasteiger partial charge in [0.2, 0.25) is 11.9 Å². The van der Waals surface area contributed by atoms with Crippen molar-refractivity contribution in [3.05, 3.63) is 17.5 Å². The molecule has 0 aliphatic heterocycles. The first-order chi connectivity index (χ1) is 12.7. The van der Waals surface area contributed by atoms with E-state index in [-0.39, 0.29) is 0 Å². The predicted octanol–water partition coefficient (Wildman–Crippen LogP) is 2.07. The molecule has 0 aliphatic carbocycles. The highest BCUT2D eigenvalue weighted by atomic mass is 32.1. The Hall–Kier alpha value is -1.81. The fourth-order valence-corrected chi connectivity index (χ4v) is 2.64. The molecule has 2 aromatic heterocycles. The number of rotatable bonds is 13. The lowest BCUT2D eigenvalue weighted by atomic mass is 10.2. The van der Waals surface area contributed by atoms with Gasteiger partial charge in [-0.1, -0.05) is 19.9 Å². The topological polar surface area (TPSA) is 107 Å². The summed E-state index contributed by atoms with van der Waals surface area (Å²) in [6.07, 6.45) is 0. The van der Waals surface area contributed by atoms with Crippen molar-refractivity contribution in [2.75, 3.05) is 56.7 Å². The van der Waals surface area contributed by atoms with E-state index in [0.29, 0.717) is 63.2 Å². The number of nitrogens with one attached hydrogen (secondary N) is 2. The van der Waals surface area contributed by atoms with Crippen LogP contribution in [0.1, 0.15) is 13.8 Å². The molecule has 4 N–H and O–H groups in total. The van der Waals surface area contributed by atoms with E-state index in [2.05, 4.69) is 39.4 Å². The molecule has 0 spiro atoms. The Morgan fingerprint density at radius 3 is 2.42 bits per heavy atom. The first-order valence-electron chi connectivity index (χ1n) is 8.82. The van der Waals surface area contributed by atoms with Crippen LogP contribution < -0.4 is 16.4 Å². The summed E-state index contributed by atoms with van der Waals surface area (Å²) in [7, 11) is 0. The second kappa shape index (κ2) is 11.7. The Labute approximate surface area is 158 Å². The molecule has 0 saturated heterocycles. The number of thiophene rings is 1. The predicted molar refractivity (Wildman–Crippen MR) is 106 cm³/mol. The van der Waals surface area contributed by atoms with E-state index in [1.807, 2.05) is 17.5 Å². The zero-order valence-corrected chi connectivity index (χ0v) is 16.2. The number of hydrogen-bond donors (Lipinski definition) is 3. The molecule has 0 saturated carbocycles. The third-order valence-corrected chi connectivity index (χ3v) is 4.07. The molecule has 0 amide bonds. The summed E-state index contributed by atoms with van der Waals surface area (Å²) in [5.41, 5.74) is 5.35. The molecule has 2 rings (SSSR count). The summed E-state index contributed by atoms with van der Waals surface area (Å²) in [6.45, 7) is 8.42. The first kappa shape index (κ1) is 20.5. The quantitative estimate of drug-likeness (QED) is 0.453. The summed E-state index contributed by atoms with van der Waals surface area (Å²) in [5, 5.41) is 8.46. The van der Waals surface area contributed by atoms with E-state index in [1.54, 1.807) is 11.3 Å². The highest BCUT2D eigenvalue weighted by Crippen LogP contribution is 2.22. The summed E-state index contributed by atoms with van der Waals surface area (Å²) >= 11 is 1.60. The lowest BCUT2D eigenvalue weighted by molar-refractivity contribution is 0.0547. The molecule has 8 nitrogen and oxygen atoms in total. The average Bonchev–Trinajstić information content (AvgIpc) is 3.17. The van der Waals surface area contributed by atoms with E-state index in [4.69, 9.17) is 15.2 Å². The summed E-state index contributed by atoms with van der Waals surface area (Å²) in [4.78, 5) is 14.5. The number of hydrogen-bond acceptors (Lipinski definition) is 9. The number of anilines is 2. The highest BCUT2D eigenvalue weighted by molar-refractivity contribution is 7.13. The third kappa shape index (κ3) is 7.61. The Morgan fingerprint density at radius 2 is 1.77 bits per heavy atom. The van der Waals surface area contributed by atoms with Gasteiger partial charge in [0.1, 0.15) is 0 Å². The maximum absolute atomic E-state index is 5.50. The molecule has 0 atom stereocenters. The van der Waals surface area contributed by atoms with Gasteiger partial charge in [0.05, 0.1) is 31.3 Å². The number of ether oxygens (including phenoxy) is 2. The zero-order chi connectivity index (χ0) is 18.6. The molecule has 2 aromatic rings. The van der Waals surface area contributed by atoms with Crippen molar-refractivity contribution >= 4 is 23.2 Å².